The maximum atomic E-state index is 4.40. The normalized spacial score (nSPS) is 17.8. The summed E-state index contributed by atoms with van der Waals surface area (Å²) in [5.41, 5.74) is 3.01. The van der Waals surface area contributed by atoms with Crippen molar-refractivity contribution in [3.05, 3.63) is 35.4 Å². The molecular formula is C16H26IN3. The third kappa shape index (κ3) is 4.65. The van der Waals surface area contributed by atoms with Gasteiger partial charge in [0.1, 0.15) is 0 Å². The minimum Gasteiger partial charge on any atom is -0.352 e. The Morgan fingerprint density at radius 3 is 2.70 bits per heavy atom. The van der Waals surface area contributed by atoms with Crippen molar-refractivity contribution in [2.75, 3.05) is 20.1 Å². The van der Waals surface area contributed by atoms with Crippen molar-refractivity contribution < 1.29 is 0 Å². The summed E-state index contributed by atoms with van der Waals surface area (Å²) in [6, 6.07) is 8.60. The van der Waals surface area contributed by atoms with Gasteiger partial charge >= 0.3 is 0 Å². The van der Waals surface area contributed by atoms with Crippen molar-refractivity contribution in [3.8, 4) is 0 Å². The fraction of sp³-hybridized carbons (Fsp3) is 0.562. The van der Waals surface area contributed by atoms with Crippen LogP contribution in [-0.4, -0.2) is 31.0 Å². The Labute approximate surface area is 139 Å². The molecule has 0 unspecified atom stereocenters. The van der Waals surface area contributed by atoms with Crippen molar-refractivity contribution >= 4 is 29.9 Å². The summed E-state index contributed by atoms with van der Waals surface area (Å²) in [7, 11) is 1.86. The summed E-state index contributed by atoms with van der Waals surface area (Å²) >= 11 is 0. The summed E-state index contributed by atoms with van der Waals surface area (Å²) in [6.45, 7) is 9.79. The highest BCUT2D eigenvalue weighted by Crippen LogP contribution is 2.28. The lowest BCUT2D eigenvalue weighted by molar-refractivity contribution is 0.370. The average molecular weight is 387 g/mol. The van der Waals surface area contributed by atoms with E-state index in [2.05, 4.69) is 60.2 Å². The fourth-order valence-corrected chi connectivity index (χ4v) is 2.63. The molecule has 0 atom stereocenters. The van der Waals surface area contributed by atoms with Crippen LogP contribution in [0.5, 0.6) is 0 Å². The van der Waals surface area contributed by atoms with Gasteiger partial charge < -0.3 is 10.2 Å². The van der Waals surface area contributed by atoms with E-state index in [4.69, 9.17) is 0 Å². The first-order valence-corrected chi connectivity index (χ1v) is 7.01. The summed E-state index contributed by atoms with van der Waals surface area (Å²) in [5.74, 6) is 1.02. The van der Waals surface area contributed by atoms with Gasteiger partial charge in [-0.05, 0) is 24.3 Å². The van der Waals surface area contributed by atoms with Crippen molar-refractivity contribution in [2.24, 2.45) is 10.4 Å². The number of hydrogen-bond acceptors (Lipinski definition) is 1. The molecule has 0 spiro atoms. The number of hydrogen-bond donors (Lipinski definition) is 1. The first kappa shape index (κ1) is 17.3. The zero-order valence-corrected chi connectivity index (χ0v) is 15.3. The summed E-state index contributed by atoms with van der Waals surface area (Å²) in [4.78, 5) is 6.76. The molecule has 4 heteroatoms. The molecule has 1 aliphatic heterocycles. The molecule has 1 aliphatic rings. The third-order valence-corrected chi connectivity index (χ3v) is 3.72. The predicted octanol–water partition coefficient (Wildman–Crippen LogP) is 3.42. The van der Waals surface area contributed by atoms with Crippen LogP contribution in [0.2, 0.25) is 0 Å². The van der Waals surface area contributed by atoms with Gasteiger partial charge in [0, 0.05) is 26.7 Å². The Balaban J connectivity index is 0.00000200. The van der Waals surface area contributed by atoms with E-state index in [1.807, 2.05) is 7.05 Å². The molecule has 0 amide bonds. The molecule has 1 saturated heterocycles. The van der Waals surface area contributed by atoms with E-state index in [-0.39, 0.29) is 24.0 Å². The van der Waals surface area contributed by atoms with Gasteiger partial charge in [0.05, 0.1) is 0 Å². The Bertz CT molecular complexity index is 469. The van der Waals surface area contributed by atoms with Crippen LogP contribution >= 0.6 is 24.0 Å². The van der Waals surface area contributed by atoms with Crippen molar-refractivity contribution in [1.29, 1.82) is 0 Å². The predicted molar refractivity (Wildman–Crippen MR) is 96.8 cm³/mol. The number of guanidine groups is 1. The lowest BCUT2D eigenvalue weighted by Gasteiger charge is -2.23. The third-order valence-electron chi connectivity index (χ3n) is 3.72. The van der Waals surface area contributed by atoms with Crippen LogP contribution in [0.1, 0.15) is 31.4 Å². The minimum atomic E-state index is 0. The molecule has 20 heavy (non-hydrogen) atoms. The largest absolute Gasteiger partial charge is 0.352 e. The van der Waals surface area contributed by atoms with Crippen LogP contribution < -0.4 is 5.32 Å². The maximum Gasteiger partial charge on any atom is 0.193 e. The monoisotopic (exact) mass is 387 g/mol. The lowest BCUT2D eigenvalue weighted by atomic mass is 9.93. The number of rotatable bonds is 2. The maximum absolute atomic E-state index is 4.40. The van der Waals surface area contributed by atoms with Crippen molar-refractivity contribution in [1.82, 2.24) is 10.2 Å². The number of aryl methyl sites for hydroxylation is 1. The van der Waals surface area contributed by atoms with Crippen LogP contribution in [0.3, 0.4) is 0 Å². The van der Waals surface area contributed by atoms with Gasteiger partial charge in [-0.15, -0.1) is 24.0 Å². The zero-order valence-electron chi connectivity index (χ0n) is 12.9. The van der Waals surface area contributed by atoms with Gasteiger partial charge in [-0.2, -0.15) is 0 Å². The zero-order chi connectivity index (χ0) is 13.9. The number of benzene rings is 1. The number of aliphatic imine (C=N–C) groups is 1. The van der Waals surface area contributed by atoms with E-state index in [9.17, 15) is 0 Å². The fourth-order valence-electron chi connectivity index (χ4n) is 2.63. The number of halogens is 1. The Morgan fingerprint density at radius 1 is 1.40 bits per heavy atom. The Hall–Kier alpha value is -0.780. The molecule has 112 valence electrons. The van der Waals surface area contributed by atoms with Gasteiger partial charge in [-0.3, -0.25) is 4.99 Å². The van der Waals surface area contributed by atoms with Gasteiger partial charge in [0.15, 0.2) is 5.96 Å². The first-order chi connectivity index (χ1) is 9.00. The molecule has 2 rings (SSSR count). The molecule has 0 radical (unpaired) electrons. The molecule has 0 aliphatic carbocycles. The van der Waals surface area contributed by atoms with E-state index in [1.54, 1.807) is 0 Å². The second-order valence-corrected chi connectivity index (χ2v) is 6.23. The first-order valence-electron chi connectivity index (χ1n) is 7.01. The topological polar surface area (TPSA) is 27.6 Å². The van der Waals surface area contributed by atoms with Crippen LogP contribution in [0.25, 0.3) is 0 Å². The molecule has 1 aromatic rings. The highest BCUT2D eigenvalue weighted by Gasteiger charge is 2.30. The van der Waals surface area contributed by atoms with Crippen LogP contribution in [0, 0.1) is 12.3 Å². The molecule has 1 N–H and O–H groups in total. The smallest absolute Gasteiger partial charge is 0.193 e. The molecule has 1 aromatic carbocycles. The Kier molecular flexibility index (Phi) is 6.30. The Morgan fingerprint density at radius 2 is 2.15 bits per heavy atom. The second-order valence-electron chi connectivity index (χ2n) is 6.23. The SMILES string of the molecule is CN=C(NCc1cccc(C)c1)N1CCC(C)(C)C1.I. The second kappa shape index (κ2) is 7.29. The van der Waals surface area contributed by atoms with Crippen molar-refractivity contribution in [2.45, 2.75) is 33.7 Å². The van der Waals surface area contributed by atoms with Crippen LogP contribution in [-0.2, 0) is 6.54 Å². The van der Waals surface area contributed by atoms with E-state index >= 15 is 0 Å². The highest BCUT2D eigenvalue weighted by atomic mass is 127. The van der Waals surface area contributed by atoms with E-state index < -0.39 is 0 Å². The van der Waals surface area contributed by atoms with Crippen molar-refractivity contribution in [3.63, 3.8) is 0 Å². The van der Waals surface area contributed by atoms with Crippen LogP contribution in [0.4, 0.5) is 0 Å². The number of nitrogens with zero attached hydrogens (tertiary/aromatic N) is 2. The van der Waals surface area contributed by atoms with Gasteiger partial charge in [0.2, 0.25) is 0 Å². The summed E-state index contributed by atoms with van der Waals surface area (Å²) in [5, 5.41) is 3.47. The van der Waals surface area contributed by atoms with E-state index in [0.29, 0.717) is 5.41 Å². The highest BCUT2D eigenvalue weighted by molar-refractivity contribution is 14.0. The minimum absolute atomic E-state index is 0. The molecule has 1 heterocycles. The van der Waals surface area contributed by atoms with E-state index in [0.717, 1.165) is 25.6 Å². The molecule has 0 saturated carbocycles. The summed E-state index contributed by atoms with van der Waals surface area (Å²) in [6.07, 6.45) is 1.23. The van der Waals surface area contributed by atoms with Crippen LogP contribution in [0.15, 0.2) is 29.3 Å². The summed E-state index contributed by atoms with van der Waals surface area (Å²) < 4.78 is 0. The molecular weight excluding hydrogens is 361 g/mol. The van der Waals surface area contributed by atoms with E-state index in [1.165, 1.54) is 17.5 Å². The molecule has 0 bridgehead atoms. The molecule has 0 aromatic heterocycles. The standard InChI is InChI=1S/C16H25N3.HI/c1-13-6-5-7-14(10-13)11-18-15(17-4)19-9-8-16(2,3)12-19;/h5-7,10H,8-9,11-12H2,1-4H3,(H,17,18);1H. The quantitative estimate of drug-likeness (QED) is 0.479. The van der Waals surface area contributed by atoms with Gasteiger partial charge in [0.25, 0.3) is 0 Å². The van der Waals surface area contributed by atoms with Gasteiger partial charge in [-0.1, -0.05) is 43.7 Å². The van der Waals surface area contributed by atoms with Gasteiger partial charge in [-0.25, -0.2) is 0 Å². The number of nitrogens with one attached hydrogen (secondary N) is 1. The molecule has 1 fully saturated rings. The lowest BCUT2D eigenvalue weighted by Crippen LogP contribution is -2.40. The average Bonchev–Trinajstić information content (AvgIpc) is 2.71. The molecule has 3 nitrogen and oxygen atoms in total. The number of likely N-dealkylation sites (tertiary alicyclic amines) is 1.